The number of carbonyl (C=O) groups excluding carboxylic acids is 1. The van der Waals surface area contributed by atoms with E-state index in [2.05, 4.69) is 15.0 Å². The number of sulfonamides is 1. The molecule has 152 valence electrons. The van der Waals surface area contributed by atoms with Gasteiger partial charge in [-0.15, -0.1) is 0 Å². The first-order chi connectivity index (χ1) is 13.0. The lowest BCUT2D eigenvalue weighted by Gasteiger charge is -2.12. The molecule has 0 bridgehead atoms. The number of amides is 2. The van der Waals surface area contributed by atoms with E-state index in [1.165, 1.54) is 20.3 Å². The number of methoxy groups -OCH3 is 2. The summed E-state index contributed by atoms with van der Waals surface area (Å²) in [4.78, 5) is 23.0. The zero-order valence-electron chi connectivity index (χ0n) is 14.4. The molecule has 2 rings (SSSR count). The quantitative estimate of drug-likeness (QED) is 0.717. The van der Waals surface area contributed by atoms with Crippen molar-refractivity contribution in [3.8, 4) is 11.8 Å². The SMILES string of the molecule is COc1cc(OC)nc(NC(=O)NS(=O)(=O)c2ncccc2CC(F)(F)F)n1. The number of aromatic nitrogens is 3. The Morgan fingerprint density at radius 2 is 1.79 bits per heavy atom. The maximum Gasteiger partial charge on any atom is 0.393 e. The van der Waals surface area contributed by atoms with Crippen molar-refractivity contribution in [2.75, 3.05) is 19.5 Å². The number of nitrogens with zero attached hydrogens (tertiary/aromatic N) is 3. The first-order valence-corrected chi connectivity index (χ1v) is 8.84. The monoisotopic (exact) mass is 421 g/mol. The molecule has 2 aromatic heterocycles. The molecule has 2 amide bonds. The van der Waals surface area contributed by atoms with Crippen molar-refractivity contribution < 1.29 is 35.9 Å². The average Bonchev–Trinajstić information content (AvgIpc) is 2.59. The maximum absolute atomic E-state index is 12.6. The second kappa shape index (κ2) is 8.24. The topological polar surface area (TPSA) is 132 Å². The Morgan fingerprint density at radius 3 is 2.32 bits per heavy atom. The minimum atomic E-state index is -4.71. The van der Waals surface area contributed by atoms with E-state index in [-0.39, 0.29) is 17.7 Å². The van der Waals surface area contributed by atoms with Crippen LogP contribution in [0.3, 0.4) is 0 Å². The lowest BCUT2D eigenvalue weighted by molar-refractivity contribution is -0.127. The third-order valence-corrected chi connectivity index (χ3v) is 4.38. The van der Waals surface area contributed by atoms with Crippen molar-refractivity contribution in [3.63, 3.8) is 0 Å². The summed E-state index contributed by atoms with van der Waals surface area (Å²) in [5.41, 5.74) is -0.616. The number of hydrogen-bond acceptors (Lipinski definition) is 8. The van der Waals surface area contributed by atoms with Gasteiger partial charge in [0.25, 0.3) is 10.0 Å². The van der Waals surface area contributed by atoms with Crippen LogP contribution in [0.1, 0.15) is 5.56 Å². The Morgan fingerprint density at radius 1 is 1.18 bits per heavy atom. The van der Waals surface area contributed by atoms with Crippen LogP contribution in [0.25, 0.3) is 0 Å². The molecule has 0 aliphatic rings. The van der Waals surface area contributed by atoms with E-state index in [1.54, 1.807) is 4.72 Å². The molecule has 28 heavy (non-hydrogen) atoms. The Hall–Kier alpha value is -3.16. The molecule has 10 nitrogen and oxygen atoms in total. The van der Waals surface area contributed by atoms with E-state index < -0.39 is 39.2 Å². The molecule has 2 heterocycles. The van der Waals surface area contributed by atoms with Crippen molar-refractivity contribution in [2.45, 2.75) is 17.6 Å². The molecule has 0 unspecified atom stereocenters. The second-order valence-electron chi connectivity index (χ2n) is 5.10. The summed E-state index contributed by atoms with van der Waals surface area (Å²) >= 11 is 0. The molecule has 0 saturated carbocycles. The molecule has 0 spiro atoms. The second-order valence-corrected chi connectivity index (χ2v) is 6.69. The average molecular weight is 421 g/mol. The molecular formula is C14H14F3N5O5S. The van der Waals surface area contributed by atoms with Gasteiger partial charge in [0.05, 0.1) is 26.7 Å². The molecule has 0 aromatic carbocycles. The first-order valence-electron chi connectivity index (χ1n) is 7.35. The first kappa shape index (κ1) is 21.1. The fourth-order valence-corrected chi connectivity index (χ4v) is 3.06. The Labute approximate surface area is 157 Å². The highest BCUT2D eigenvalue weighted by atomic mass is 32.2. The van der Waals surface area contributed by atoms with Gasteiger partial charge < -0.3 is 9.47 Å². The lowest BCUT2D eigenvalue weighted by Crippen LogP contribution is -2.36. The van der Waals surface area contributed by atoms with Crippen LogP contribution in [-0.4, -0.2) is 49.8 Å². The number of alkyl halides is 3. The van der Waals surface area contributed by atoms with E-state index >= 15 is 0 Å². The van der Waals surface area contributed by atoms with Crippen molar-refractivity contribution >= 4 is 22.0 Å². The highest BCUT2D eigenvalue weighted by molar-refractivity contribution is 7.90. The van der Waals surface area contributed by atoms with E-state index in [1.807, 2.05) is 5.32 Å². The summed E-state index contributed by atoms with van der Waals surface area (Å²) in [6, 6.07) is 2.08. The van der Waals surface area contributed by atoms with Crippen molar-refractivity contribution in [1.29, 1.82) is 0 Å². The Kier molecular flexibility index (Phi) is 6.23. The number of nitrogens with one attached hydrogen (secondary N) is 2. The minimum absolute atomic E-state index is 0.0159. The lowest BCUT2D eigenvalue weighted by atomic mass is 10.2. The van der Waals surface area contributed by atoms with Crippen molar-refractivity contribution in [3.05, 3.63) is 30.0 Å². The standard InChI is InChI=1S/C14H14F3N5O5S/c1-26-9-6-10(27-2)20-12(19-9)21-13(23)22-28(24,25)11-8(4-3-5-18-11)7-14(15,16)17/h3-6H,7H2,1-2H3,(H2,19,20,21,22,23). The summed E-state index contributed by atoms with van der Waals surface area (Å²) in [7, 11) is -2.12. The van der Waals surface area contributed by atoms with E-state index in [0.717, 1.165) is 18.3 Å². The smallest absolute Gasteiger partial charge is 0.393 e. The van der Waals surface area contributed by atoms with E-state index in [9.17, 15) is 26.4 Å². The highest BCUT2D eigenvalue weighted by Gasteiger charge is 2.32. The van der Waals surface area contributed by atoms with Gasteiger partial charge in [0, 0.05) is 11.8 Å². The van der Waals surface area contributed by atoms with Gasteiger partial charge in [-0.1, -0.05) is 6.07 Å². The fraction of sp³-hybridized carbons (Fsp3) is 0.286. The Balaban J connectivity index is 2.22. The number of ether oxygens (including phenoxy) is 2. The molecule has 2 aromatic rings. The largest absolute Gasteiger partial charge is 0.481 e. The molecular weight excluding hydrogens is 407 g/mol. The molecule has 2 N–H and O–H groups in total. The predicted octanol–water partition coefficient (Wildman–Crippen LogP) is 1.50. The van der Waals surface area contributed by atoms with Gasteiger partial charge in [-0.3, -0.25) is 5.32 Å². The van der Waals surface area contributed by atoms with Gasteiger partial charge in [-0.2, -0.15) is 31.6 Å². The zero-order valence-corrected chi connectivity index (χ0v) is 15.3. The maximum atomic E-state index is 12.6. The van der Waals surface area contributed by atoms with Crippen LogP contribution in [0, 0.1) is 0 Å². The van der Waals surface area contributed by atoms with Gasteiger partial charge in [-0.05, 0) is 6.07 Å². The molecule has 14 heteroatoms. The van der Waals surface area contributed by atoms with Gasteiger partial charge in [0.15, 0.2) is 5.03 Å². The van der Waals surface area contributed by atoms with Gasteiger partial charge >= 0.3 is 12.2 Å². The van der Waals surface area contributed by atoms with Gasteiger partial charge in [-0.25, -0.2) is 14.5 Å². The van der Waals surface area contributed by atoms with Gasteiger partial charge in [0.1, 0.15) is 0 Å². The minimum Gasteiger partial charge on any atom is -0.481 e. The summed E-state index contributed by atoms with van der Waals surface area (Å²) in [5.74, 6) is -0.329. The zero-order chi connectivity index (χ0) is 20.9. The molecule has 0 radical (unpaired) electrons. The fourth-order valence-electron chi connectivity index (χ4n) is 1.98. The predicted molar refractivity (Wildman–Crippen MR) is 88.5 cm³/mol. The number of urea groups is 1. The summed E-state index contributed by atoms with van der Waals surface area (Å²) in [6.45, 7) is 0. The van der Waals surface area contributed by atoms with Crippen LogP contribution < -0.4 is 19.5 Å². The number of hydrogen-bond donors (Lipinski definition) is 2. The third-order valence-electron chi connectivity index (χ3n) is 3.05. The number of pyridine rings is 1. The van der Waals surface area contributed by atoms with Gasteiger partial charge in [0.2, 0.25) is 17.7 Å². The van der Waals surface area contributed by atoms with Crippen LogP contribution in [0.15, 0.2) is 29.4 Å². The number of anilines is 1. The van der Waals surface area contributed by atoms with Crippen LogP contribution >= 0.6 is 0 Å². The molecule has 0 atom stereocenters. The van der Waals surface area contributed by atoms with Crippen LogP contribution in [0.2, 0.25) is 0 Å². The van der Waals surface area contributed by atoms with Crippen LogP contribution in [-0.2, 0) is 16.4 Å². The molecule has 0 aliphatic carbocycles. The number of rotatable bonds is 6. The molecule has 0 saturated heterocycles. The van der Waals surface area contributed by atoms with Crippen LogP contribution in [0.5, 0.6) is 11.8 Å². The summed E-state index contributed by atoms with van der Waals surface area (Å²) in [5, 5.41) is 1.10. The highest BCUT2D eigenvalue weighted by Crippen LogP contribution is 2.24. The van der Waals surface area contributed by atoms with E-state index in [0.29, 0.717) is 0 Å². The molecule has 0 aliphatic heterocycles. The molecule has 0 fully saturated rings. The normalized spacial score (nSPS) is 11.6. The van der Waals surface area contributed by atoms with Crippen LogP contribution in [0.4, 0.5) is 23.9 Å². The van der Waals surface area contributed by atoms with Crippen molar-refractivity contribution in [1.82, 2.24) is 19.7 Å². The number of carbonyl (C=O) groups is 1. The van der Waals surface area contributed by atoms with Crippen molar-refractivity contribution in [2.24, 2.45) is 0 Å². The third kappa shape index (κ3) is 5.67. The Bertz CT molecular complexity index is 946. The van der Waals surface area contributed by atoms with E-state index in [4.69, 9.17) is 9.47 Å². The number of halogens is 3. The summed E-state index contributed by atoms with van der Waals surface area (Å²) < 4.78 is 73.8. The summed E-state index contributed by atoms with van der Waals surface area (Å²) in [6.07, 6.45) is -5.21.